The third-order valence-corrected chi connectivity index (χ3v) is 11.7. The van der Waals surface area contributed by atoms with Crippen LogP contribution in [0.2, 0.25) is 0 Å². The Morgan fingerprint density at radius 2 is 0.807 bits per heavy atom. The number of rotatable bonds is 5. The number of hydrogen-bond acceptors (Lipinski definition) is 1. The zero-order valence-electron chi connectivity index (χ0n) is 30.9. The van der Waals surface area contributed by atoms with Gasteiger partial charge in [0.05, 0.1) is 27.8 Å². The van der Waals surface area contributed by atoms with Gasteiger partial charge in [0.25, 0.3) is 0 Å². The van der Waals surface area contributed by atoms with Crippen molar-refractivity contribution in [2.45, 2.75) is 0 Å². The van der Waals surface area contributed by atoms with Gasteiger partial charge in [-0.3, -0.25) is 0 Å². The molecular weight excluding hydrogens is 693 g/mol. The van der Waals surface area contributed by atoms with E-state index in [1.54, 1.807) is 0 Å². The molecule has 0 aliphatic carbocycles. The highest BCUT2D eigenvalue weighted by atomic mass is 16.3. The highest BCUT2D eigenvalue weighted by Gasteiger charge is 2.19. The second-order valence-corrected chi connectivity index (χ2v) is 14.9. The van der Waals surface area contributed by atoms with Gasteiger partial charge in [-0.1, -0.05) is 146 Å². The van der Waals surface area contributed by atoms with Gasteiger partial charge < -0.3 is 13.6 Å². The minimum Gasteiger partial charge on any atom is -0.454 e. The van der Waals surface area contributed by atoms with Crippen LogP contribution in [0.3, 0.4) is 0 Å². The molecule has 0 saturated carbocycles. The van der Waals surface area contributed by atoms with Crippen LogP contribution in [-0.4, -0.2) is 9.13 Å². The smallest absolute Gasteiger partial charge is 0.159 e. The molecule has 3 heterocycles. The van der Waals surface area contributed by atoms with Gasteiger partial charge in [-0.15, -0.1) is 0 Å². The number of para-hydroxylation sites is 3. The topological polar surface area (TPSA) is 23.0 Å². The summed E-state index contributed by atoms with van der Waals surface area (Å²) in [5, 5.41) is 7.14. The first kappa shape index (κ1) is 31.7. The number of furan rings is 1. The number of fused-ring (bicyclic) bond motifs is 9. The predicted molar refractivity (Wildman–Crippen MR) is 239 cm³/mol. The van der Waals surface area contributed by atoms with Crippen LogP contribution in [0.5, 0.6) is 0 Å². The SMILES string of the molecule is c1ccc(-c2cccc(-n3c4ccc(-c5ccc6c(c5)c5ccccc5n6-c5cccc6c5oc5ccccc56)cc4c4ccc(-c5ccccc5)cc43)c2)cc1. The number of aromatic nitrogens is 2. The predicted octanol–water partition coefficient (Wildman–Crippen LogP) is 14.8. The minimum absolute atomic E-state index is 0.900. The van der Waals surface area contributed by atoms with Crippen molar-refractivity contribution < 1.29 is 4.42 Å². The standard InChI is InChI=1S/C54H34N2O/c1-3-13-35(14-4-1)37-17-11-18-41(31-37)55-49-29-26-38(33-47(49)43-28-25-40(34-52(43)55)36-15-5-2-6-16-36)39-27-30-50-46(32-39)42-19-7-9-22-48(42)56(50)51-23-12-21-45-44-20-8-10-24-53(44)57-54(45)51/h1-34H. The summed E-state index contributed by atoms with van der Waals surface area (Å²) in [5.41, 5.74) is 15.8. The Labute approximate surface area is 328 Å². The molecule has 3 heteroatoms. The van der Waals surface area contributed by atoms with Gasteiger partial charge in [-0.05, 0) is 94.0 Å². The van der Waals surface area contributed by atoms with E-state index in [1.807, 2.05) is 6.07 Å². The summed E-state index contributed by atoms with van der Waals surface area (Å²) in [7, 11) is 0. The van der Waals surface area contributed by atoms with Crippen molar-refractivity contribution in [2.75, 3.05) is 0 Å². The first-order valence-electron chi connectivity index (χ1n) is 19.5. The van der Waals surface area contributed by atoms with Crippen molar-refractivity contribution in [3.8, 4) is 44.8 Å². The van der Waals surface area contributed by atoms with Gasteiger partial charge in [-0.25, -0.2) is 0 Å². The molecule has 0 aliphatic rings. The fourth-order valence-electron chi connectivity index (χ4n) is 9.06. The van der Waals surface area contributed by atoms with Crippen LogP contribution in [0.15, 0.2) is 211 Å². The minimum atomic E-state index is 0.900. The molecule has 0 unspecified atom stereocenters. The van der Waals surface area contributed by atoms with Crippen LogP contribution in [0, 0.1) is 0 Å². The lowest BCUT2D eigenvalue weighted by Gasteiger charge is -2.12. The zero-order valence-corrected chi connectivity index (χ0v) is 30.9. The fourth-order valence-corrected chi connectivity index (χ4v) is 9.06. The van der Waals surface area contributed by atoms with Crippen molar-refractivity contribution in [2.24, 2.45) is 0 Å². The Balaban J connectivity index is 1.05. The summed E-state index contributed by atoms with van der Waals surface area (Å²) < 4.78 is 11.3. The first-order chi connectivity index (χ1) is 28.3. The summed E-state index contributed by atoms with van der Waals surface area (Å²) in [6.07, 6.45) is 0. The van der Waals surface area contributed by atoms with E-state index in [4.69, 9.17) is 4.42 Å². The van der Waals surface area contributed by atoms with Crippen molar-refractivity contribution in [1.29, 1.82) is 0 Å². The van der Waals surface area contributed by atoms with Gasteiger partial charge in [0, 0.05) is 38.0 Å². The summed E-state index contributed by atoms with van der Waals surface area (Å²) in [4.78, 5) is 0. The Morgan fingerprint density at radius 3 is 1.56 bits per heavy atom. The average molecular weight is 727 g/mol. The van der Waals surface area contributed by atoms with Crippen molar-refractivity contribution >= 4 is 65.6 Å². The normalized spacial score (nSPS) is 11.9. The molecule has 57 heavy (non-hydrogen) atoms. The van der Waals surface area contributed by atoms with Crippen molar-refractivity contribution in [3.63, 3.8) is 0 Å². The van der Waals surface area contributed by atoms with Crippen LogP contribution >= 0.6 is 0 Å². The molecule has 266 valence electrons. The van der Waals surface area contributed by atoms with Crippen LogP contribution in [-0.2, 0) is 0 Å². The van der Waals surface area contributed by atoms with E-state index in [9.17, 15) is 0 Å². The average Bonchev–Trinajstić information content (AvgIpc) is 3.94. The molecule has 3 aromatic heterocycles. The molecule has 12 rings (SSSR count). The van der Waals surface area contributed by atoms with Gasteiger partial charge in [0.1, 0.15) is 5.58 Å². The molecule has 0 amide bonds. The molecule has 0 radical (unpaired) electrons. The third-order valence-electron chi connectivity index (χ3n) is 11.7. The highest BCUT2D eigenvalue weighted by Crippen LogP contribution is 2.41. The molecule has 0 spiro atoms. The van der Waals surface area contributed by atoms with E-state index in [-0.39, 0.29) is 0 Å². The third kappa shape index (κ3) is 4.92. The highest BCUT2D eigenvalue weighted by molar-refractivity contribution is 6.15. The number of hydrogen-bond donors (Lipinski definition) is 0. The number of benzene rings is 9. The van der Waals surface area contributed by atoms with Crippen molar-refractivity contribution in [3.05, 3.63) is 206 Å². The lowest BCUT2D eigenvalue weighted by atomic mass is 9.99. The van der Waals surface area contributed by atoms with Crippen LogP contribution in [0.25, 0.3) is 110 Å². The summed E-state index contributed by atoms with van der Waals surface area (Å²) in [5.74, 6) is 0. The summed E-state index contributed by atoms with van der Waals surface area (Å²) >= 11 is 0. The van der Waals surface area contributed by atoms with E-state index in [1.165, 1.54) is 66.0 Å². The lowest BCUT2D eigenvalue weighted by Crippen LogP contribution is -1.95. The molecule has 0 fully saturated rings. The molecule has 12 aromatic rings. The van der Waals surface area contributed by atoms with Gasteiger partial charge in [0.2, 0.25) is 0 Å². The maximum Gasteiger partial charge on any atom is 0.159 e. The van der Waals surface area contributed by atoms with E-state index < -0.39 is 0 Å². The van der Waals surface area contributed by atoms with E-state index in [2.05, 4.69) is 209 Å². The van der Waals surface area contributed by atoms with Crippen LogP contribution in [0.4, 0.5) is 0 Å². The molecule has 9 aromatic carbocycles. The van der Waals surface area contributed by atoms with Gasteiger partial charge in [0.15, 0.2) is 5.58 Å². The van der Waals surface area contributed by atoms with Gasteiger partial charge in [-0.2, -0.15) is 0 Å². The second kappa shape index (κ2) is 12.5. The first-order valence-corrected chi connectivity index (χ1v) is 19.5. The second-order valence-electron chi connectivity index (χ2n) is 14.9. The summed E-state index contributed by atoms with van der Waals surface area (Å²) in [6.45, 7) is 0. The monoisotopic (exact) mass is 726 g/mol. The fraction of sp³-hybridized carbons (Fsp3) is 0. The largest absolute Gasteiger partial charge is 0.454 e. The molecule has 0 aliphatic heterocycles. The lowest BCUT2D eigenvalue weighted by molar-refractivity contribution is 0.666. The maximum absolute atomic E-state index is 6.55. The molecule has 0 atom stereocenters. The van der Waals surface area contributed by atoms with Crippen LogP contribution in [0.1, 0.15) is 0 Å². The Bertz CT molecular complexity index is 3510. The zero-order chi connectivity index (χ0) is 37.5. The van der Waals surface area contributed by atoms with E-state index in [0.29, 0.717) is 0 Å². The molecule has 0 bridgehead atoms. The maximum atomic E-state index is 6.55. The molecule has 0 saturated heterocycles. The Hall–Kier alpha value is -7.62. The van der Waals surface area contributed by atoms with Crippen LogP contribution < -0.4 is 0 Å². The van der Waals surface area contributed by atoms with E-state index in [0.717, 1.165) is 44.3 Å². The molecule has 0 N–H and O–H groups in total. The quantitative estimate of drug-likeness (QED) is 0.173. The molecular formula is C54H34N2O. The van der Waals surface area contributed by atoms with E-state index >= 15 is 0 Å². The van der Waals surface area contributed by atoms with Gasteiger partial charge >= 0.3 is 0 Å². The van der Waals surface area contributed by atoms with Crippen molar-refractivity contribution in [1.82, 2.24) is 9.13 Å². The summed E-state index contributed by atoms with van der Waals surface area (Å²) in [6, 6.07) is 74.5. The molecule has 3 nitrogen and oxygen atoms in total. The number of nitrogens with zero attached hydrogens (tertiary/aromatic N) is 2. The Morgan fingerprint density at radius 1 is 0.281 bits per heavy atom. The Kier molecular flexibility index (Phi) is 6.93.